The normalized spacial score (nSPS) is 16.2. The first-order chi connectivity index (χ1) is 9.30. The first kappa shape index (κ1) is 15.2. The summed E-state index contributed by atoms with van der Waals surface area (Å²) >= 11 is 0. The molecule has 0 aromatic heterocycles. The third-order valence-electron chi connectivity index (χ3n) is 3.10. The summed E-state index contributed by atoms with van der Waals surface area (Å²) in [5.74, 6) is -1.21. The molecule has 1 aromatic carbocycles. The SMILES string of the molecule is Cc1c(F)cc(C(=O)N2CCOCC2)cc1S(=O)(=O)Cl. The second-order valence-electron chi connectivity index (χ2n) is 4.42. The minimum absolute atomic E-state index is 0.0331. The molecule has 0 radical (unpaired) electrons. The number of amides is 1. The van der Waals surface area contributed by atoms with E-state index in [9.17, 15) is 17.6 Å². The summed E-state index contributed by atoms with van der Waals surface area (Å²) in [7, 11) is 1.15. The Morgan fingerprint density at radius 3 is 2.50 bits per heavy atom. The van der Waals surface area contributed by atoms with E-state index in [-0.39, 0.29) is 16.0 Å². The Labute approximate surface area is 120 Å². The van der Waals surface area contributed by atoms with Crippen LogP contribution in [0.2, 0.25) is 0 Å². The van der Waals surface area contributed by atoms with Gasteiger partial charge in [0.05, 0.1) is 18.1 Å². The molecule has 0 saturated carbocycles. The Morgan fingerprint density at radius 1 is 1.35 bits per heavy atom. The van der Waals surface area contributed by atoms with Gasteiger partial charge in [0.2, 0.25) is 0 Å². The largest absolute Gasteiger partial charge is 0.378 e. The Balaban J connectivity index is 2.42. The molecule has 0 aliphatic carbocycles. The zero-order valence-electron chi connectivity index (χ0n) is 10.7. The molecule has 0 unspecified atom stereocenters. The van der Waals surface area contributed by atoms with Gasteiger partial charge in [-0.1, -0.05) is 0 Å². The molecule has 1 aromatic rings. The smallest absolute Gasteiger partial charge is 0.261 e. The average Bonchev–Trinajstić information content (AvgIpc) is 2.40. The standard InChI is InChI=1S/C12H13ClFNO4S/c1-8-10(14)6-9(7-11(8)20(13,17)18)12(16)15-2-4-19-5-3-15/h6-7H,2-5H2,1H3. The van der Waals surface area contributed by atoms with E-state index in [1.807, 2.05) is 0 Å². The summed E-state index contributed by atoms with van der Waals surface area (Å²) in [5, 5.41) is 0. The number of rotatable bonds is 2. The van der Waals surface area contributed by atoms with Crippen LogP contribution in [0.3, 0.4) is 0 Å². The van der Waals surface area contributed by atoms with Crippen molar-refractivity contribution in [2.24, 2.45) is 0 Å². The van der Waals surface area contributed by atoms with Gasteiger partial charge in [0.1, 0.15) is 5.82 Å². The van der Waals surface area contributed by atoms with E-state index in [4.69, 9.17) is 15.4 Å². The summed E-state index contributed by atoms with van der Waals surface area (Å²) in [6, 6.07) is 2.14. The van der Waals surface area contributed by atoms with Crippen molar-refractivity contribution in [3.05, 3.63) is 29.1 Å². The second-order valence-corrected chi connectivity index (χ2v) is 6.96. The predicted octanol–water partition coefficient (Wildman–Crippen LogP) is 1.53. The zero-order chi connectivity index (χ0) is 14.9. The highest BCUT2D eigenvalue weighted by atomic mass is 35.7. The van der Waals surface area contributed by atoms with Gasteiger partial charge in [0.25, 0.3) is 15.0 Å². The number of carbonyl (C=O) groups excluding carboxylic acids is 1. The number of morpholine rings is 1. The van der Waals surface area contributed by atoms with Crippen LogP contribution in [0, 0.1) is 12.7 Å². The Bertz CT molecular complexity index is 641. The molecule has 110 valence electrons. The third kappa shape index (κ3) is 3.11. The molecule has 1 saturated heterocycles. The lowest BCUT2D eigenvalue weighted by Gasteiger charge is -2.27. The van der Waals surface area contributed by atoms with Crippen molar-refractivity contribution in [2.75, 3.05) is 26.3 Å². The number of hydrogen-bond donors (Lipinski definition) is 0. The number of ether oxygens (including phenoxy) is 1. The minimum Gasteiger partial charge on any atom is -0.378 e. The van der Waals surface area contributed by atoms with E-state index in [0.717, 1.165) is 12.1 Å². The van der Waals surface area contributed by atoms with Crippen LogP contribution in [-0.2, 0) is 13.8 Å². The van der Waals surface area contributed by atoms with Gasteiger partial charge in [0.15, 0.2) is 0 Å². The van der Waals surface area contributed by atoms with Crippen LogP contribution in [0.15, 0.2) is 17.0 Å². The summed E-state index contributed by atoms with van der Waals surface area (Å²) in [4.78, 5) is 13.3. The highest BCUT2D eigenvalue weighted by Crippen LogP contribution is 2.24. The van der Waals surface area contributed by atoms with Gasteiger partial charge in [-0.15, -0.1) is 0 Å². The quantitative estimate of drug-likeness (QED) is 0.775. The Morgan fingerprint density at radius 2 is 1.95 bits per heavy atom. The zero-order valence-corrected chi connectivity index (χ0v) is 12.3. The molecule has 1 amide bonds. The first-order valence-electron chi connectivity index (χ1n) is 5.92. The molecule has 20 heavy (non-hydrogen) atoms. The van der Waals surface area contributed by atoms with Crippen LogP contribution in [0.4, 0.5) is 4.39 Å². The van der Waals surface area contributed by atoms with Crippen molar-refractivity contribution < 1.29 is 22.3 Å². The van der Waals surface area contributed by atoms with Gasteiger partial charge in [0, 0.05) is 34.9 Å². The van der Waals surface area contributed by atoms with E-state index < -0.39 is 20.8 Å². The average molecular weight is 322 g/mol. The molecular weight excluding hydrogens is 309 g/mol. The number of benzene rings is 1. The van der Waals surface area contributed by atoms with Gasteiger partial charge in [-0.2, -0.15) is 0 Å². The van der Waals surface area contributed by atoms with Crippen molar-refractivity contribution in [3.8, 4) is 0 Å². The fraction of sp³-hybridized carbons (Fsp3) is 0.417. The second kappa shape index (κ2) is 5.67. The highest BCUT2D eigenvalue weighted by Gasteiger charge is 2.23. The lowest BCUT2D eigenvalue weighted by molar-refractivity contribution is 0.0302. The molecule has 1 aliphatic heterocycles. The number of hydrogen-bond acceptors (Lipinski definition) is 4. The van der Waals surface area contributed by atoms with Crippen LogP contribution in [0.1, 0.15) is 15.9 Å². The third-order valence-corrected chi connectivity index (χ3v) is 4.55. The number of nitrogens with zero attached hydrogens (tertiary/aromatic N) is 1. The fourth-order valence-electron chi connectivity index (χ4n) is 1.98. The molecule has 1 fully saturated rings. The van der Waals surface area contributed by atoms with E-state index in [1.165, 1.54) is 11.8 Å². The van der Waals surface area contributed by atoms with Crippen LogP contribution < -0.4 is 0 Å². The maximum Gasteiger partial charge on any atom is 0.261 e. The van der Waals surface area contributed by atoms with E-state index in [1.54, 1.807) is 0 Å². The molecule has 5 nitrogen and oxygen atoms in total. The fourth-order valence-corrected chi connectivity index (χ4v) is 3.19. The van der Waals surface area contributed by atoms with Gasteiger partial charge in [-0.05, 0) is 19.1 Å². The van der Waals surface area contributed by atoms with Crippen LogP contribution in [0.5, 0.6) is 0 Å². The lowest BCUT2D eigenvalue weighted by Crippen LogP contribution is -2.40. The van der Waals surface area contributed by atoms with Crippen molar-refractivity contribution in [2.45, 2.75) is 11.8 Å². The van der Waals surface area contributed by atoms with Crippen molar-refractivity contribution in [1.82, 2.24) is 4.90 Å². The molecule has 2 rings (SSSR count). The van der Waals surface area contributed by atoms with Gasteiger partial charge in [-0.25, -0.2) is 12.8 Å². The molecular formula is C12H13ClFNO4S. The molecule has 0 spiro atoms. The number of halogens is 2. The maximum absolute atomic E-state index is 13.8. The molecule has 0 bridgehead atoms. The van der Waals surface area contributed by atoms with Gasteiger partial charge in [-0.3, -0.25) is 4.79 Å². The highest BCUT2D eigenvalue weighted by molar-refractivity contribution is 8.13. The monoisotopic (exact) mass is 321 g/mol. The molecule has 8 heteroatoms. The summed E-state index contributed by atoms with van der Waals surface area (Å²) in [5.41, 5.74) is -0.132. The summed E-state index contributed by atoms with van der Waals surface area (Å²) in [6.45, 7) is 2.88. The van der Waals surface area contributed by atoms with Crippen molar-refractivity contribution in [1.29, 1.82) is 0 Å². The minimum atomic E-state index is -4.11. The van der Waals surface area contributed by atoms with E-state index in [0.29, 0.717) is 26.3 Å². The molecule has 1 aliphatic rings. The molecule has 0 atom stereocenters. The van der Waals surface area contributed by atoms with E-state index in [2.05, 4.69) is 0 Å². The van der Waals surface area contributed by atoms with E-state index >= 15 is 0 Å². The maximum atomic E-state index is 13.8. The lowest BCUT2D eigenvalue weighted by atomic mass is 10.1. The van der Waals surface area contributed by atoms with Gasteiger partial charge >= 0.3 is 0 Å². The van der Waals surface area contributed by atoms with Crippen LogP contribution in [0.25, 0.3) is 0 Å². The van der Waals surface area contributed by atoms with Crippen molar-refractivity contribution >= 4 is 25.6 Å². The summed E-state index contributed by atoms with van der Waals surface area (Å²) < 4.78 is 41.7. The molecule has 1 heterocycles. The van der Waals surface area contributed by atoms with Crippen LogP contribution in [-0.4, -0.2) is 45.5 Å². The Hall–Kier alpha value is -1.18. The topological polar surface area (TPSA) is 63.7 Å². The molecule has 0 N–H and O–H groups in total. The van der Waals surface area contributed by atoms with Crippen molar-refractivity contribution in [3.63, 3.8) is 0 Å². The van der Waals surface area contributed by atoms with Gasteiger partial charge < -0.3 is 9.64 Å². The Kier molecular flexibility index (Phi) is 4.31. The first-order valence-corrected chi connectivity index (χ1v) is 8.23. The predicted molar refractivity (Wildman–Crippen MR) is 70.9 cm³/mol. The number of carbonyl (C=O) groups is 1. The van der Waals surface area contributed by atoms with Crippen LogP contribution >= 0.6 is 10.7 Å². The summed E-state index contributed by atoms with van der Waals surface area (Å²) in [6.07, 6.45) is 0.